The van der Waals surface area contributed by atoms with Crippen LogP contribution < -0.4 is 9.64 Å². The molecule has 13 heteroatoms. The number of hydrogen-bond donors (Lipinski definition) is 1. The number of carboxylic acid groups (broad SMARTS) is 1. The number of aromatic carboxylic acids is 1. The first-order valence-electron chi connectivity index (χ1n) is 15.7. The number of aromatic nitrogens is 2. The van der Waals surface area contributed by atoms with E-state index in [2.05, 4.69) is 9.88 Å². The lowest BCUT2D eigenvalue weighted by Gasteiger charge is -2.29. The molecule has 6 rings (SSSR count). The number of nitrogens with zero attached hydrogens (tertiary/aromatic N) is 4. The topological polar surface area (TPSA) is 114 Å². The van der Waals surface area contributed by atoms with Crippen molar-refractivity contribution in [2.75, 3.05) is 38.3 Å². The second-order valence-electron chi connectivity index (χ2n) is 12.2. The molecule has 1 amide bonds. The molecular formula is C36H35F3N4O6. The minimum Gasteiger partial charge on any atom is -0.481 e. The molecule has 0 saturated carbocycles. The molecular weight excluding hydrogens is 641 g/mol. The van der Waals surface area contributed by atoms with Crippen LogP contribution in [0.25, 0.3) is 22.3 Å². The SMILES string of the molecule is COc1ncc(-c2ccc(C(=O)O)cc2C)cc1-c1ccc(N2CCOCC2)nc1CN1C(=O)O[C@H](c2cc(C)cc(C(F)(F)F)c2)[C@@H]1C. The highest BCUT2D eigenvalue weighted by Gasteiger charge is 2.42. The van der Waals surface area contributed by atoms with E-state index >= 15 is 0 Å². The van der Waals surface area contributed by atoms with Crippen LogP contribution in [0.1, 0.15) is 51.3 Å². The fourth-order valence-corrected chi connectivity index (χ4v) is 6.36. The zero-order valence-electron chi connectivity index (χ0n) is 27.4. The van der Waals surface area contributed by atoms with E-state index in [0.717, 1.165) is 23.3 Å². The summed E-state index contributed by atoms with van der Waals surface area (Å²) in [5.74, 6) is -0.0463. The summed E-state index contributed by atoms with van der Waals surface area (Å²) in [6.45, 7) is 7.43. The zero-order valence-corrected chi connectivity index (χ0v) is 27.4. The number of cyclic esters (lactones) is 1. The Morgan fingerprint density at radius 3 is 2.43 bits per heavy atom. The minimum absolute atomic E-state index is 0.0122. The third-order valence-corrected chi connectivity index (χ3v) is 8.88. The number of anilines is 1. The van der Waals surface area contributed by atoms with Gasteiger partial charge in [-0.25, -0.2) is 19.6 Å². The molecule has 0 spiro atoms. The first-order chi connectivity index (χ1) is 23.3. The van der Waals surface area contributed by atoms with Crippen molar-refractivity contribution in [3.8, 4) is 28.1 Å². The van der Waals surface area contributed by atoms with E-state index in [4.69, 9.17) is 19.2 Å². The average Bonchev–Trinajstić information content (AvgIpc) is 3.36. The number of hydrogen-bond acceptors (Lipinski definition) is 8. The molecule has 2 aromatic heterocycles. The average molecular weight is 677 g/mol. The van der Waals surface area contributed by atoms with Crippen LogP contribution in [0.5, 0.6) is 5.88 Å². The van der Waals surface area contributed by atoms with Crippen LogP contribution in [-0.4, -0.2) is 71.5 Å². The number of carbonyl (C=O) groups excluding carboxylic acids is 1. The number of rotatable bonds is 8. The molecule has 0 bridgehead atoms. The normalized spacial score (nSPS) is 18.1. The molecule has 0 unspecified atom stereocenters. The molecule has 2 saturated heterocycles. The first kappa shape index (κ1) is 33.7. The van der Waals surface area contributed by atoms with Crippen molar-refractivity contribution in [3.05, 3.63) is 94.3 Å². The summed E-state index contributed by atoms with van der Waals surface area (Å²) in [6.07, 6.45) is -4.52. The molecule has 4 aromatic rings. The monoisotopic (exact) mass is 676 g/mol. The predicted molar refractivity (Wildman–Crippen MR) is 175 cm³/mol. The van der Waals surface area contributed by atoms with Crippen molar-refractivity contribution < 1.29 is 42.1 Å². The van der Waals surface area contributed by atoms with Crippen LogP contribution in [-0.2, 0) is 22.2 Å². The van der Waals surface area contributed by atoms with Crippen LogP contribution in [0.15, 0.2) is 60.8 Å². The van der Waals surface area contributed by atoms with Gasteiger partial charge in [0.15, 0.2) is 0 Å². The van der Waals surface area contributed by atoms with Crippen molar-refractivity contribution >= 4 is 17.9 Å². The van der Waals surface area contributed by atoms with E-state index in [1.54, 1.807) is 38.2 Å². The molecule has 10 nitrogen and oxygen atoms in total. The third-order valence-electron chi connectivity index (χ3n) is 8.88. The molecule has 2 aromatic carbocycles. The summed E-state index contributed by atoms with van der Waals surface area (Å²) in [4.78, 5) is 38.1. The summed E-state index contributed by atoms with van der Waals surface area (Å²) in [5.41, 5.74) is 3.96. The maximum atomic E-state index is 13.7. The molecule has 4 heterocycles. The van der Waals surface area contributed by atoms with Crippen LogP contribution in [0, 0.1) is 13.8 Å². The number of pyridine rings is 2. The summed E-state index contributed by atoms with van der Waals surface area (Å²) in [6, 6.07) is 13.6. The van der Waals surface area contributed by atoms with E-state index in [9.17, 15) is 27.9 Å². The zero-order chi connectivity index (χ0) is 35.0. The molecule has 2 aliphatic rings. The van der Waals surface area contributed by atoms with Gasteiger partial charge >= 0.3 is 18.2 Å². The molecule has 2 aliphatic heterocycles. The molecule has 256 valence electrons. The highest BCUT2D eigenvalue weighted by atomic mass is 19.4. The number of amides is 1. The first-order valence-corrected chi connectivity index (χ1v) is 15.7. The molecule has 2 fully saturated rings. The standard InChI is InChI=1S/C36H35F3N4O6/c1-20-13-24(16-26(14-20)36(37,38)39)32-22(3)43(35(46)49-32)19-30-28(7-8-31(41-30)42-9-11-48-12-10-42)29-17-25(18-40-33(29)47-4)27-6-5-23(34(44)45)15-21(27)2/h5-8,13-18,22,32H,9-12,19H2,1-4H3,(H,44,45)/t22-,32-/m0/s1. The fourth-order valence-electron chi connectivity index (χ4n) is 6.36. The van der Waals surface area contributed by atoms with E-state index in [-0.39, 0.29) is 17.7 Å². The van der Waals surface area contributed by atoms with Gasteiger partial charge < -0.3 is 24.2 Å². The van der Waals surface area contributed by atoms with Gasteiger partial charge in [-0.15, -0.1) is 0 Å². The van der Waals surface area contributed by atoms with Gasteiger partial charge in [0.05, 0.1) is 49.7 Å². The van der Waals surface area contributed by atoms with E-state index in [1.807, 2.05) is 25.1 Å². The molecule has 1 N–H and O–H groups in total. The maximum absolute atomic E-state index is 13.7. The second kappa shape index (κ2) is 13.4. The van der Waals surface area contributed by atoms with Crippen LogP contribution in [0.2, 0.25) is 0 Å². The van der Waals surface area contributed by atoms with Crippen LogP contribution in [0.4, 0.5) is 23.8 Å². The lowest BCUT2D eigenvalue weighted by Crippen LogP contribution is -2.37. The van der Waals surface area contributed by atoms with E-state index < -0.39 is 35.9 Å². The van der Waals surface area contributed by atoms with Gasteiger partial charge in [0.1, 0.15) is 11.9 Å². The van der Waals surface area contributed by atoms with Crippen molar-refractivity contribution in [2.45, 2.75) is 45.6 Å². The molecule has 49 heavy (non-hydrogen) atoms. The quantitative estimate of drug-likeness (QED) is 0.209. The van der Waals surface area contributed by atoms with E-state index in [1.165, 1.54) is 18.1 Å². The molecule has 0 radical (unpaired) electrons. The number of methoxy groups -OCH3 is 1. The number of morpholine rings is 1. The Hall–Kier alpha value is -5.17. The van der Waals surface area contributed by atoms with Gasteiger partial charge in [0, 0.05) is 36.0 Å². The Bertz CT molecular complexity index is 1910. The highest BCUT2D eigenvalue weighted by molar-refractivity contribution is 5.89. The Morgan fingerprint density at radius 2 is 1.76 bits per heavy atom. The van der Waals surface area contributed by atoms with Gasteiger partial charge in [-0.3, -0.25) is 4.90 Å². The van der Waals surface area contributed by atoms with Gasteiger partial charge in [-0.1, -0.05) is 17.7 Å². The minimum atomic E-state index is -4.55. The summed E-state index contributed by atoms with van der Waals surface area (Å²) >= 11 is 0. The summed E-state index contributed by atoms with van der Waals surface area (Å²) in [7, 11) is 1.50. The lowest BCUT2D eigenvalue weighted by atomic mass is 9.96. The number of alkyl halides is 3. The Morgan fingerprint density at radius 1 is 1.02 bits per heavy atom. The summed E-state index contributed by atoms with van der Waals surface area (Å²) in [5, 5.41) is 9.44. The van der Waals surface area contributed by atoms with Crippen LogP contribution >= 0.6 is 0 Å². The van der Waals surface area contributed by atoms with Gasteiger partial charge in [-0.2, -0.15) is 13.2 Å². The predicted octanol–water partition coefficient (Wildman–Crippen LogP) is 7.07. The lowest BCUT2D eigenvalue weighted by molar-refractivity contribution is -0.137. The largest absolute Gasteiger partial charge is 0.481 e. The second-order valence-corrected chi connectivity index (χ2v) is 12.2. The van der Waals surface area contributed by atoms with Gasteiger partial charge in [0.25, 0.3) is 0 Å². The summed E-state index contributed by atoms with van der Waals surface area (Å²) < 4.78 is 57.9. The van der Waals surface area contributed by atoms with Crippen LogP contribution in [0.3, 0.4) is 0 Å². The molecule has 2 atom stereocenters. The smallest absolute Gasteiger partial charge is 0.416 e. The van der Waals surface area contributed by atoms with Gasteiger partial charge in [0.2, 0.25) is 5.88 Å². The maximum Gasteiger partial charge on any atom is 0.416 e. The molecule has 0 aliphatic carbocycles. The van der Waals surface area contributed by atoms with Crippen molar-refractivity contribution in [3.63, 3.8) is 0 Å². The Balaban J connectivity index is 1.41. The Labute approximate surface area is 281 Å². The number of aryl methyl sites for hydroxylation is 2. The Kier molecular flexibility index (Phi) is 9.21. The number of benzene rings is 2. The van der Waals surface area contributed by atoms with Gasteiger partial charge in [-0.05, 0) is 79.9 Å². The van der Waals surface area contributed by atoms with Crippen molar-refractivity contribution in [1.82, 2.24) is 14.9 Å². The highest BCUT2D eigenvalue weighted by Crippen LogP contribution is 2.40. The number of ether oxygens (including phenoxy) is 3. The van der Waals surface area contributed by atoms with E-state index in [0.29, 0.717) is 65.9 Å². The number of carboxylic acids is 1. The number of carbonyl (C=O) groups is 2. The van der Waals surface area contributed by atoms with Crippen molar-refractivity contribution in [2.24, 2.45) is 0 Å². The third kappa shape index (κ3) is 6.89. The number of halogens is 3. The van der Waals surface area contributed by atoms with Crippen molar-refractivity contribution in [1.29, 1.82) is 0 Å². The fraction of sp³-hybridized carbons (Fsp3) is 0.333.